The molecule has 1 aromatic carbocycles. The fourth-order valence-corrected chi connectivity index (χ4v) is 3.72. The molecule has 0 bridgehead atoms. The molecule has 0 radical (unpaired) electrons. The van der Waals surface area contributed by atoms with Gasteiger partial charge in [0.2, 0.25) is 11.8 Å². The van der Waals surface area contributed by atoms with Crippen molar-refractivity contribution >= 4 is 23.9 Å². The molecule has 10 heteroatoms. The summed E-state index contributed by atoms with van der Waals surface area (Å²) in [4.78, 5) is 53.2. The number of hydrogen-bond acceptors (Lipinski definition) is 7. The molecule has 0 spiro atoms. The van der Waals surface area contributed by atoms with E-state index in [0.29, 0.717) is 12.0 Å². The van der Waals surface area contributed by atoms with E-state index in [1.807, 2.05) is 39.8 Å². The zero-order chi connectivity index (χ0) is 29.1. The third-order valence-electron chi connectivity index (χ3n) is 6.07. The van der Waals surface area contributed by atoms with E-state index in [2.05, 4.69) is 10.6 Å². The van der Waals surface area contributed by atoms with Crippen LogP contribution in [0.15, 0.2) is 24.3 Å². The van der Waals surface area contributed by atoms with Crippen LogP contribution in [-0.4, -0.2) is 70.8 Å². The van der Waals surface area contributed by atoms with Crippen molar-refractivity contribution in [1.29, 1.82) is 0 Å². The molecule has 1 rings (SSSR count). The first-order valence-electron chi connectivity index (χ1n) is 13.2. The lowest BCUT2D eigenvalue weighted by molar-refractivity contribution is -0.150. The fraction of sp³-hybridized carbons (Fsp3) is 0.643. The maximum absolute atomic E-state index is 13.9. The molecule has 0 heterocycles. The van der Waals surface area contributed by atoms with E-state index in [0.717, 1.165) is 12.0 Å². The molecule has 3 N–H and O–H groups in total. The smallest absolute Gasteiger partial charge is 0.408 e. The van der Waals surface area contributed by atoms with Crippen molar-refractivity contribution in [1.82, 2.24) is 15.5 Å². The van der Waals surface area contributed by atoms with Crippen LogP contribution in [0.4, 0.5) is 4.79 Å². The van der Waals surface area contributed by atoms with Gasteiger partial charge < -0.3 is 30.1 Å². The fourth-order valence-electron chi connectivity index (χ4n) is 3.72. The first-order chi connectivity index (χ1) is 17.7. The van der Waals surface area contributed by atoms with Gasteiger partial charge in [0.05, 0.1) is 19.6 Å². The summed E-state index contributed by atoms with van der Waals surface area (Å²) in [5.74, 6) is -1.59. The lowest BCUT2D eigenvalue weighted by atomic mass is 9.91. The minimum Gasteiger partial charge on any atom is -0.466 e. The lowest BCUT2D eigenvalue weighted by Gasteiger charge is -2.44. The predicted octanol–water partition coefficient (Wildman–Crippen LogP) is 3.26. The number of alkyl carbamates (subject to hydrolysis) is 1. The quantitative estimate of drug-likeness (QED) is 0.330. The molecule has 1 aromatic rings. The molecule has 0 aliphatic rings. The maximum Gasteiger partial charge on any atom is 0.408 e. The van der Waals surface area contributed by atoms with Crippen molar-refractivity contribution in [3.8, 4) is 0 Å². The van der Waals surface area contributed by atoms with Gasteiger partial charge in [-0.3, -0.25) is 14.4 Å². The molecule has 3 amide bonds. The monoisotopic (exact) mass is 535 g/mol. The Morgan fingerprint density at radius 3 is 2.08 bits per heavy atom. The Morgan fingerprint density at radius 1 is 1.00 bits per heavy atom. The first-order valence-corrected chi connectivity index (χ1v) is 13.2. The van der Waals surface area contributed by atoms with Gasteiger partial charge >= 0.3 is 12.1 Å². The van der Waals surface area contributed by atoms with Crippen molar-refractivity contribution in [3.63, 3.8) is 0 Å². The minimum atomic E-state index is -1.35. The number of ether oxygens (including phenoxy) is 2. The Kier molecular flexibility index (Phi) is 12.7. The van der Waals surface area contributed by atoms with E-state index in [1.54, 1.807) is 39.8 Å². The number of esters is 1. The number of carbonyl (C=O) groups is 4. The normalized spacial score (nSPS) is 13.2. The second-order valence-electron chi connectivity index (χ2n) is 10.6. The van der Waals surface area contributed by atoms with Gasteiger partial charge in [-0.25, -0.2) is 4.79 Å². The van der Waals surface area contributed by atoms with Crippen LogP contribution in [0.2, 0.25) is 0 Å². The van der Waals surface area contributed by atoms with Gasteiger partial charge in [0.15, 0.2) is 0 Å². The third-order valence-corrected chi connectivity index (χ3v) is 6.07. The second kappa shape index (κ2) is 14.7. The summed E-state index contributed by atoms with van der Waals surface area (Å²) in [5, 5.41) is 15.3. The summed E-state index contributed by atoms with van der Waals surface area (Å²) in [5.41, 5.74) is -0.0488. The van der Waals surface area contributed by atoms with Gasteiger partial charge in [0.1, 0.15) is 17.7 Å². The number of benzene rings is 1. The van der Waals surface area contributed by atoms with Gasteiger partial charge in [0.25, 0.3) is 0 Å². The Balaban J connectivity index is 3.47. The molecule has 10 nitrogen and oxygen atoms in total. The number of carbonyl (C=O) groups excluding carboxylic acids is 4. The van der Waals surface area contributed by atoms with Gasteiger partial charge in [-0.1, -0.05) is 38.1 Å². The summed E-state index contributed by atoms with van der Waals surface area (Å²) < 4.78 is 10.2. The van der Waals surface area contributed by atoms with Crippen molar-refractivity contribution in [2.75, 3.05) is 19.8 Å². The van der Waals surface area contributed by atoms with Gasteiger partial charge in [-0.2, -0.15) is 0 Å². The SMILES string of the molecule is CCOC(=O)CCNC(=O)C(c1ccc(CC)cc1)N(C(=O)C(CO)NC(=O)OC(C)(C)C)C(C)(C)CC. The lowest BCUT2D eigenvalue weighted by Crippen LogP contribution is -2.60. The molecule has 0 aliphatic heterocycles. The maximum atomic E-state index is 13.9. The average Bonchev–Trinajstić information content (AvgIpc) is 2.84. The van der Waals surface area contributed by atoms with Gasteiger partial charge in [0, 0.05) is 12.1 Å². The molecule has 38 heavy (non-hydrogen) atoms. The summed E-state index contributed by atoms with van der Waals surface area (Å²) >= 11 is 0. The van der Waals surface area contributed by atoms with Crippen LogP contribution < -0.4 is 10.6 Å². The highest BCUT2D eigenvalue weighted by Crippen LogP contribution is 2.32. The van der Waals surface area contributed by atoms with Gasteiger partial charge in [-0.05, 0) is 65.5 Å². The highest BCUT2D eigenvalue weighted by molar-refractivity contribution is 5.93. The highest BCUT2D eigenvalue weighted by Gasteiger charge is 2.43. The standard InChI is InChI=1S/C28H45N3O7/c1-9-19-12-14-20(15-13-19)23(24(34)29-17-16-22(33)37-11-3)31(28(7,8)10-2)25(35)21(18-32)30-26(36)38-27(4,5)6/h12-15,21,23,32H,9-11,16-18H2,1-8H3,(H,29,34)(H,30,36). The van der Waals surface area contributed by atoms with Gasteiger partial charge in [-0.15, -0.1) is 0 Å². The zero-order valence-corrected chi connectivity index (χ0v) is 24.1. The number of nitrogens with one attached hydrogen (secondary N) is 2. The van der Waals surface area contributed by atoms with Crippen LogP contribution in [-0.2, 0) is 30.3 Å². The molecule has 2 unspecified atom stereocenters. The Hall–Kier alpha value is -3.14. The van der Waals surface area contributed by atoms with Crippen LogP contribution in [0, 0.1) is 0 Å². The number of aliphatic hydroxyl groups is 1. The minimum absolute atomic E-state index is 0.0222. The molecule has 2 atom stereocenters. The molecular weight excluding hydrogens is 490 g/mol. The van der Waals surface area contributed by atoms with E-state index in [-0.39, 0.29) is 19.6 Å². The molecular formula is C28H45N3O7. The number of nitrogens with zero attached hydrogens (tertiary/aromatic N) is 1. The molecule has 0 saturated heterocycles. The summed E-state index contributed by atoms with van der Waals surface area (Å²) in [6.45, 7) is 13.8. The van der Waals surface area contributed by atoms with E-state index < -0.39 is 53.7 Å². The van der Waals surface area contributed by atoms with Crippen LogP contribution in [0.1, 0.15) is 85.4 Å². The number of hydrogen-bond donors (Lipinski definition) is 3. The van der Waals surface area contributed by atoms with Crippen LogP contribution in [0.25, 0.3) is 0 Å². The molecule has 0 fully saturated rings. The van der Waals surface area contributed by atoms with Crippen LogP contribution in [0.3, 0.4) is 0 Å². The third kappa shape index (κ3) is 9.96. The Morgan fingerprint density at radius 2 is 1.61 bits per heavy atom. The van der Waals surface area contributed by atoms with Crippen LogP contribution >= 0.6 is 0 Å². The first kappa shape index (κ1) is 32.9. The molecule has 0 aliphatic carbocycles. The highest BCUT2D eigenvalue weighted by atomic mass is 16.6. The topological polar surface area (TPSA) is 134 Å². The average molecular weight is 536 g/mol. The van der Waals surface area contributed by atoms with E-state index in [4.69, 9.17) is 9.47 Å². The van der Waals surface area contributed by atoms with Crippen LogP contribution in [0.5, 0.6) is 0 Å². The number of aliphatic hydroxyl groups excluding tert-OH is 1. The summed E-state index contributed by atoms with van der Waals surface area (Å²) in [6, 6.07) is 4.91. The molecule has 0 saturated carbocycles. The Bertz CT molecular complexity index is 939. The van der Waals surface area contributed by atoms with E-state index in [9.17, 15) is 24.3 Å². The number of aryl methyl sites for hydroxylation is 1. The Labute approximate surface area is 226 Å². The van der Waals surface area contributed by atoms with Crippen molar-refractivity contribution in [2.45, 2.75) is 97.9 Å². The zero-order valence-electron chi connectivity index (χ0n) is 24.1. The second-order valence-corrected chi connectivity index (χ2v) is 10.6. The van der Waals surface area contributed by atoms with E-state index in [1.165, 1.54) is 4.90 Å². The predicted molar refractivity (Wildman–Crippen MR) is 144 cm³/mol. The largest absolute Gasteiger partial charge is 0.466 e. The van der Waals surface area contributed by atoms with Crippen molar-refractivity contribution in [2.24, 2.45) is 0 Å². The van der Waals surface area contributed by atoms with Crippen molar-refractivity contribution in [3.05, 3.63) is 35.4 Å². The summed E-state index contributed by atoms with van der Waals surface area (Å²) in [6.07, 6.45) is 0.391. The number of amides is 3. The molecule has 214 valence electrons. The number of rotatable bonds is 13. The van der Waals surface area contributed by atoms with Crippen molar-refractivity contribution < 1.29 is 33.8 Å². The summed E-state index contributed by atoms with van der Waals surface area (Å²) in [7, 11) is 0. The molecule has 0 aromatic heterocycles. The van der Waals surface area contributed by atoms with E-state index >= 15 is 0 Å².